The summed E-state index contributed by atoms with van der Waals surface area (Å²) in [7, 11) is 0. The summed E-state index contributed by atoms with van der Waals surface area (Å²) >= 11 is -1.37. The lowest BCUT2D eigenvalue weighted by Crippen LogP contribution is -2.53. The third kappa shape index (κ3) is 4.60. The van der Waals surface area contributed by atoms with Crippen molar-refractivity contribution in [2.75, 3.05) is 0 Å². The van der Waals surface area contributed by atoms with E-state index < -0.39 is 40.1 Å². The number of nitrogens with one attached hydrogen (secondary N) is 2. The predicted octanol–water partition coefficient (Wildman–Crippen LogP) is 1.69. The van der Waals surface area contributed by atoms with Gasteiger partial charge in [-0.15, -0.1) is 4.72 Å². The highest BCUT2D eigenvalue weighted by molar-refractivity contribution is 7.90. The van der Waals surface area contributed by atoms with Gasteiger partial charge in [-0.25, -0.2) is 0 Å². The van der Waals surface area contributed by atoms with Crippen molar-refractivity contribution in [2.24, 2.45) is 5.73 Å². The second-order valence-electron chi connectivity index (χ2n) is 5.68. The molecule has 0 aromatic carbocycles. The first-order valence-corrected chi connectivity index (χ1v) is 7.27. The van der Waals surface area contributed by atoms with Gasteiger partial charge in [-0.05, 0) is 39.8 Å². The number of rotatable bonds is 3. The van der Waals surface area contributed by atoms with E-state index in [4.69, 9.17) is 5.73 Å². The summed E-state index contributed by atoms with van der Waals surface area (Å²) in [6.07, 6.45) is -2.16. The molecule has 0 fully saturated rings. The van der Waals surface area contributed by atoms with Gasteiger partial charge in [0.1, 0.15) is 10.4 Å². The third-order valence-corrected chi connectivity index (χ3v) is 4.40. The van der Waals surface area contributed by atoms with Crippen LogP contribution in [0.3, 0.4) is 0 Å². The van der Waals surface area contributed by atoms with Crippen LogP contribution in [0.4, 0.5) is 13.2 Å². The zero-order valence-corrected chi connectivity index (χ0v) is 12.7. The number of hydrogen-bond acceptors (Lipinski definition) is 4. The van der Waals surface area contributed by atoms with Gasteiger partial charge in [0.25, 0.3) is 0 Å². The van der Waals surface area contributed by atoms with Crippen LogP contribution in [0.1, 0.15) is 27.7 Å². The normalized spacial score (nSPS) is 23.5. The molecule has 1 unspecified atom stereocenters. The van der Waals surface area contributed by atoms with Crippen molar-refractivity contribution in [3.8, 4) is 0 Å². The molecule has 3 atom stereocenters. The van der Waals surface area contributed by atoms with Crippen molar-refractivity contribution >= 4 is 11.4 Å². The second-order valence-corrected chi connectivity index (χ2v) is 7.68. The minimum atomic E-state index is -4.49. The summed E-state index contributed by atoms with van der Waals surface area (Å²) in [6, 6.07) is -1.15. The molecular weight excluding hydrogens is 291 g/mol. The van der Waals surface area contributed by atoms with Crippen LogP contribution in [0.15, 0.2) is 23.5 Å². The molecule has 116 valence electrons. The average Bonchev–Trinajstić information content (AvgIpc) is 2.25. The first kappa shape index (κ1) is 17.2. The van der Waals surface area contributed by atoms with Crippen molar-refractivity contribution in [1.82, 2.24) is 10.0 Å². The van der Waals surface area contributed by atoms with E-state index in [0.29, 0.717) is 0 Å². The number of halogens is 3. The van der Waals surface area contributed by atoms with Crippen molar-refractivity contribution in [3.05, 3.63) is 23.5 Å². The molecule has 0 aliphatic carbocycles. The van der Waals surface area contributed by atoms with Gasteiger partial charge >= 0.3 is 6.18 Å². The van der Waals surface area contributed by atoms with E-state index in [1.54, 1.807) is 27.7 Å². The van der Waals surface area contributed by atoms with Gasteiger partial charge in [-0.2, -0.15) is 13.2 Å². The maximum absolute atomic E-state index is 12.7. The maximum atomic E-state index is 12.7. The maximum Gasteiger partial charge on any atom is 0.431 e. The minimum absolute atomic E-state index is 0.0382. The molecule has 1 rings (SSSR count). The Hall–Kier alpha value is -0.860. The molecule has 0 bridgehead atoms. The lowest BCUT2D eigenvalue weighted by Gasteiger charge is -2.32. The molecule has 1 aliphatic rings. The van der Waals surface area contributed by atoms with Crippen LogP contribution in [0.2, 0.25) is 0 Å². The van der Waals surface area contributed by atoms with Gasteiger partial charge in [0.05, 0.1) is 12.1 Å². The van der Waals surface area contributed by atoms with Gasteiger partial charge in [-0.1, -0.05) is 0 Å². The number of nitrogens with two attached hydrogens (primary N) is 1. The molecule has 0 amide bonds. The Labute approximate surface area is 120 Å². The first-order valence-electron chi connectivity index (χ1n) is 6.12. The van der Waals surface area contributed by atoms with E-state index in [-0.39, 0.29) is 5.70 Å². The molecular formula is C12H20F3N3OS. The van der Waals surface area contributed by atoms with Gasteiger partial charge in [0.2, 0.25) is 0 Å². The second kappa shape index (κ2) is 5.87. The van der Waals surface area contributed by atoms with Crippen molar-refractivity contribution in [3.63, 3.8) is 0 Å². The zero-order chi connectivity index (χ0) is 15.7. The highest BCUT2D eigenvalue weighted by Gasteiger charge is 2.38. The molecule has 4 nitrogen and oxygen atoms in total. The molecule has 0 radical (unpaired) electrons. The van der Waals surface area contributed by atoms with E-state index in [9.17, 15) is 17.7 Å². The quantitative estimate of drug-likeness (QED) is 0.694. The van der Waals surface area contributed by atoms with Gasteiger partial charge < -0.3 is 15.6 Å². The largest absolute Gasteiger partial charge is 0.598 e. The summed E-state index contributed by atoms with van der Waals surface area (Å²) in [5.41, 5.74) is 4.65. The van der Waals surface area contributed by atoms with Gasteiger partial charge in [0, 0.05) is 17.1 Å². The molecule has 0 aromatic heterocycles. The lowest BCUT2D eigenvalue weighted by molar-refractivity contribution is -0.0978. The smallest absolute Gasteiger partial charge is 0.431 e. The van der Waals surface area contributed by atoms with E-state index in [1.807, 2.05) is 0 Å². The van der Waals surface area contributed by atoms with Gasteiger partial charge in [0.15, 0.2) is 0 Å². The van der Waals surface area contributed by atoms with E-state index in [1.165, 1.54) is 6.08 Å². The van der Waals surface area contributed by atoms with E-state index in [0.717, 1.165) is 6.08 Å². The van der Waals surface area contributed by atoms with Crippen LogP contribution in [0.5, 0.6) is 0 Å². The zero-order valence-electron chi connectivity index (χ0n) is 11.8. The molecule has 4 N–H and O–H groups in total. The monoisotopic (exact) mass is 311 g/mol. The van der Waals surface area contributed by atoms with Crippen molar-refractivity contribution in [1.29, 1.82) is 0 Å². The van der Waals surface area contributed by atoms with Crippen LogP contribution in [-0.4, -0.2) is 27.6 Å². The molecule has 0 aromatic rings. The van der Waals surface area contributed by atoms with E-state index in [2.05, 4.69) is 10.0 Å². The Morgan fingerprint density at radius 2 is 1.95 bits per heavy atom. The number of alkyl halides is 3. The molecule has 0 saturated carbocycles. The topological polar surface area (TPSA) is 73.1 Å². The average molecular weight is 311 g/mol. The fourth-order valence-electron chi connectivity index (χ4n) is 1.54. The molecule has 1 aliphatic heterocycles. The Bertz CT molecular complexity index is 415. The SMILES string of the molecule is C[C@@H](N[S@+]([O-])C(C)(C)C)C1C=C(N)C=C(C(F)(F)F)N1. The van der Waals surface area contributed by atoms with Crippen LogP contribution in [0, 0.1) is 0 Å². The van der Waals surface area contributed by atoms with Crippen LogP contribution in [-0.2, 0) is 11.4 Å². The summed E-state index contributed by atoms with van der Waals surface area (Å²) in [4.78, 5) is 0. The fourth-order valence-corrected chi connectivity index (χ4v) is 2.37. The molecule has 1 heterocycles. The molecule has 0 spiro atoms. The summed E-state index contributed by atoms with van der Waals surface area (Å²) in [6.45, 7) is 7.00. The summed E-state index contributed by atoms with van der Waals surface area (Å²) in [5, 5.41) is 2.36. The van der Waals surface area contributed by atoms with Gasteiger partial charge in [-0.3, -0.25) is 0 Å². The molecule has 0 saturated heterocycles. The number of allylic oxidation sites excluding steroid dienone is 2. The predicted molar refractivity (Wildman–Crippen MR) is 73.8 cm³/mol. The minimum Gasteiger partial charge on any atom is -0.598 e. The Balaban J connectivity index is 2.77. The highest BCUT2D eigenvalue weighted by atomic mass is 32.2. The number of dihydropyridines is 1. The Kier molecular flexibility index (Phi) is 5.04. The lowest BCUT2D eigenvalue weighted by atomic mass is 10.1. The fraction of sp³-hybridized carbons (Fsp3) is 0.667. The number of hydrogen-bond donors (Lipinski definition) is 3. The third-order valence-electron chi connectivity index (χ3n) is 2.70. The first-order chi connectivity index (χ1) is 8.91. The van der Waals surface area contributed by atoms with Crippen LogP contribution < -0.4 is 15.8 Å². The summed E-state index contributed by atoms with van der Waals surface area (Å²) in [5.74, 6) is 0. The summed E-state index contributed by atoms with van der Waals surface area (Å²) < 4.78 is 52.4. The van der Waals surface area contributed by atoms with Crippen molar-refractivity contribution < 1.29 is 17.7 Å². The standard InChI is InChI=1S/C12H20F3N3OS/c1-7(18-20(19)11(2,3)4)9-5-8(16)6-10(17-9)12(13,14)15/h5-7,9,17-18H,16H2,1-4H3/t7-,9?,20-/m1/s1. The van der Waals surface area contributed by atoms with Crippen LogP contribution in [0.25, 0.3) is 0 Å². The molecule has 20 heavy (non-hydrogen) atoms. The van der Waals surface area contributed by atoms with E-state index >= 15 is 0 Å². The van der Waals surface area contributed by atoms with Crippen LogP contribution >= 0.6 is 0 Å². The van der Waals surface area contributed by atoms with Crippen molar-refractivity contribution in [2.45, 2.75) is 50.7 Å². The molecule has 8 heteroatoms. The Morgan fingerprint density at radius 1 is 1.40 bits per heavy atom. The highest BCUT2D eigenvalue weighted by Crippen LogP contribution is 2.27. The Morgan fingerprint density at radius 3 is 2.40 bits per heavy atom.